The van der Waals surface area contributed by atoms with Gasteiger partial charge in [0.1, 0.15) is 12.3 Å². The monoisotopic (exact) mass is 313 g/mol. The molecule has 7 nitrogen and oxygen atoms in total. The largest absolute Gasteiger partial charge is 0.445 e. The summed E-state index contributed by atoms with van der Waals surface area (Å²) >= 11 is 0. The van der Waals surface area contributed by atoms with E-state index in [1.807, 2.05) is 30.3 Å². The highest BCUT2D eigenvalue weighted by Crippen LogP contribution is 2.15. The van der Waals surface area contributed by atoms with Gasteiger partial charge < -0.3 is 10.1 Å². The third-order valence-electron chi connectivity index (χ3n) is 2.87. The van der Waals surface area contributed by atoms with E-state index in [9.17, 15) is 14.9 Å². The minimum absolute atomic E-state index is 0.0876. The summed E-state index contributed by atoms with van der Waals surface area (Å²) in [6.45, 7) is 0.365. The summed E-state index contributed by atoms with van der Waals surface area (Å²) in [6.07, 6.45) is 3.96. The van der Waals surface area contributed by atoms with E-state index in [0.717, 1.165) is 5.56 Å². The van der Waals surface area contributed by atoms with Crippen molar-refractivity contribution in [2.45, 2.75) is 6.61 Å². The number of alkyl carbamates (subject to hydrolysis) is 1. The molecule has 0 unspecified atom stereocenters. The second-order valence-corrected chi connectivity index (χ2v) is 4.51. The molecule has 1 aromatic carbocycles. The SMILES string of the molecule is O=C(NCC=Cc1ncccc1[N+](=O)[O-])OCc1ccccc1. The van der Waals surface area contributed by atoms with Crippen molar-refractivity contribution in [2.24, 2.45) is 0 Å². The molecule has 1 aromatic heterocycles. The molecule has 1 N–H and O–H groups in total. The van der Waals surface area contributed by atoms with Crippen LogP contribution in [0.3, 0.4) is 0 Å². The van der Waals surface area contributed by atoms with Crippen LogP contribution in [0.25, 0.3) is 6.08 Å². The molecule has 118 valence electrons. The van der Waals surface area contributed by atoms with E-state index in [1.165, 1.54) is 24.4 Å². The maximum atomic E-state index is 11.5. The first-order valence-electron chi connectivity index (χ1n) is 6.87. The van der Waals surface area contributed by atoms with Crippen molar-refractivity contribution < 1.29 is 14.5 Å². The Morgan fingerprint density at radius 3 is 2.78 bits per heavy atom. The molecule has 0 radical (unpaired) electrons. The number of pyridine rings is 1. The van der Waals surface area contributed by atoms with Crippen LogP contribution in [0.1, 0.15) is 11.3 Å². The van der Waals surface area contributed by atoms with Gasteiger partial charge in [0.2, 0.25) is 0 Å². The highest BCUT2D eigenvalue weighted by Gasteiger charge is 2.10. The molecule has 0 aliphatic carbocycles. The van der Waals surface area contributed by atoms with Crippen molar-refractivity contribution >= 4 is 17.9 Å². The Morgan fingerprint density at radius 1 is 1.26 bits per heavy atom. The molecule has 0 aliphatic heterocycles. The van der Waals surface area contributed by atoms with Gasteiger partial charge in [-0.3, -0.25) is 10.1 Å². The maximum absolute atomic E-state index is 11.5. The van der Waals surface area contributed by atoms with Crippen LogP contribution in [0.4, 0.5) is 10.5 Å². The lowest BCUT2D eigenvalue weighted by Crippen LogP contribution is -2.24. The Hall–Kier alpha value is -3.22. The van der Waals surface area contributed by atoms with E-state index in [2.05, 4.69) is 10.3 Å². The fraction of sp³-hybridized carbons (Fsp3) is 0.125. The van der Waals surface area contributed by atoms with Crippen molar-refractivity contribution in [3.8, 4) is 0 Å². The molecule has 0 bridgehead atoms. The predicted octanol–water partition coefficient (Wildman–Crippen LogP) is 2.93. The Kier molecular flexibility index (Phi) is 5.81. The second kappa shape index (κ2) is 8.28. The minimum atomic E-state index is -0.561. The van der Waals surface area contributed by atoms with Gasteiger partial charge in [0.15, 0.2) is 0 Å². The molecular formula is C16H15N3O4. The standard InChI is InChI=1S/C16H15N3O4/c20-16(23-12-13-6-2-1-3-7-13)18-11-4-8-14-15(19(21)22)9-5-10-17-14/h1-10H,11-12H2,(H,18,20). The van der Waals surface area contributed by atoms with Crippen LogP contribution < -0.4 is 5.32 Å². The van der Waals surface area contributed by atoms with Crippen LogP contribution in [-0.4, -0.2) is 22.5 Å². The van der Waals surface area contributed by atoms with Crippen molar-refractivity contribution in [3.63, 3.8) is 0 Å². The van der Waals surface area contributed by atoms with Crippen molar-refractivity contribution in [1.82, 2.24) is 10.3 Å². The third kappa shape index (κ3) is 5.24. The van der Waals surface area contributed by atoms with Gasteiger partial charge >= 0.3 is 6.09 Å². The summed E-state index contributed by atoms with van der Waals surface area (Å²) in [6, 6.07) is 12.2. The molecule has 1 heterocycles. The number of aromatic nitrogens is 1. The van der Waals surface area contributed by atoms with Crippen LogP contribution in [0.2, 0.25) is 0 Å². The molecule has 23 heavy (non-hydrogen) atoms. The number of amides is 1. The predicted molar refractivity (Wildman–Crippen MR) is 84.6 cm³/mol. The van der Waals surface area contributed by atoms with Gasteiger partial charge in [0.05, 0.1) is 4.92 Å². The summed E-state index contributed by atoms with van der Waals surface area (Å²) in [4.78, 5) is 25.8. The molecule has 0 aliphatic rings. The molecule has 7 heteroatoms. The lowest BCUT2D eigenvalue weighted by atomic mass is 10.2. The number of rotatable bonds is 6. The number of nitro groups is 1. The van der Waals surface area contributed by atoms with Gasteiger partial charge in [-0.25, -0.2) is 9.78 Å². The van der Waals surface area contributed by atoms with E-state index >= 15 is 0 Å². The van der Waals surface area contributed by atoms with Crippen LogP contribution >= 0.6 is 0 Å². The summed E-state index contributed by atoms with van der Waals surface area (Å²) in [7, 11) is 0. The van der Waals surface area contributed by atoms with Crippen LogP contribution in [0, 0.1) is 10.1 Å². The Morgan fingerprint density at radius 2 is 2.04 bits per heavy atom. The van der Waals surface area contributed by atoms with Gasteiger partial charge in [-0.05, 0) is 17.7 Å². The van der Waals surface area contributed by atoms with Crippen molar-refractivity contribution in [3.05, 3.63) is 76.1 Å². The van der Waals surface area contributed by atoms with E-state index in [0.29, 0.717) is 0 Å². The van der Waals surface area contributed by atoms with E-state index in [1.54, 1.807) is 6.08 Å². The average Bonchev–Trinajstić information content (AvgIpc) is 2.58. The number of nitrogens with one attached hydrogen (secondary N) is 1. The van der Waals surface area contributed by atoms with Crippen LogP contribution in [0.5, 0.6) is 0 Å². The smallest absolute Gasteiger partial charge is 0.407 e. The highest BCUT2D eigenvalue weighted by molar-refractivity contribution is 5.67. The first-order valence-corrected chi connectivity index (χ1v) is 6.87. The normalized spacial score (nSPS) is 10.4. The van der Waals surface area contributed by atoms with Crippen LogP contribution in [-0.2, 0) is 11.3 Å². The quantitative estimate of drug-likeness (QED) is 0.653. The van der Waals surface area contributed by atoms with E-state index in [4.69, 9.17) is 4.74 Å². The number of carbonyl (C=O) groups is 1. The van der Waals surface area contributed by atoms with Gasteiger partial charge in [-0.1, -0.05) is 36.4 Å². The van der Waals surface area contributed by atoms with E-state index < -0.39 is 11.0 Å². The lowest BCUT2D eigenvalue weighted by Gasteiger charge is -2.05. The fourth-order valence-electron chi connectivity index (χ4n) is 1.78. The van der Waals surface area contributed by atoms with Gasteiger partial charge in [0, 0.05) is 18.8 Å². The number of hydrogen-bond donors (Lipinski definition) is 1. The number of benzene rings is 1. The van der Waals surface area contributed by atoms with Gasteiger partial charge in [0.25, 0.3) is 5.69 Å². The second-order valence-electron chi connectivity index (χ2n) is 4.51. The molecule has 0 saturated carbocycles. The van der Waals surface area contributed by atoms with Crippen LogP contribution in [0.15, 0.2) is 54.7 Å². The summed E-state index contributed by atoms with van der Waals surface area (Å²) in [5, 5.41) is 13.4. The fourth-order valence-corrected chi connectivity index (χ4v) is 1.78. The molecule has 0 fully saturated rings. The first kappa shape index (κ1) is 16.2. The first-order chi connectivity index (χ1) is 11.2. The Balaban J connectivity index is 1.78. The Bertz CT molecular complexity index is 701. The molecule has 1 amide bonds. The molecular weight excluding hydrogens is 298 g/mol. The molecule has 0 saturated heterocycles. The number of nitrogens with zero attached hydrogens (tertiary/aromatic N) is 2. The number of ether oxygens (including phenoxy) is 1. The third-order valence-corrected chi connectivity index (χ3v) is 2.87. The van der Waals surface area contributed by atoms with Crippen molar-refractivity contribution in [2.75, 3.05) is 6.54 Å². The zero-order chi connectivity index (χ0) is 16.5. The van der Waals surface area contributed by atoms with Gasteiger partial charge in [-0.2, -0.15) is 0 Å². The summed E-state index contributed by atoms with van der Waals surface area (Å²) < 4.78 is 5.03. The summed E-state index contributed by atoms with van der Waals surface area (Å²) in [5.74, 6) is 0. The number of carbonyl (C=O) groups excluding carboxylic acids is 1. The molecule has 2 rings (SSSR count). The molecule has 2 aromatic rings. The van der Waals surface area contributed by atoms with Gasteiger partial charge in [-0.15, -0.1) is 0 Å². The van der Waals surface area contributed by atoms with E-state index in [-0.39, 0.29) is 24.5 Å². The average molecular weight is 313 g/mol. The minimum Gasteiger partial charge on any atom is -0.445 e. The summed E-state index contributed by atoms with van der Waals surface area (Å²) in [5.41, 5.74) is 1.04. The van der Waals surface area contributed by atoms with Crippen molar-refractivity contribution in [1.29, 1.82) is 0 Å². The number of hydrogen-bond acceptors (Lipinski definition) is 5. The molecule has 0 spiro atoms. The molecule has 0 atom stereocenters. The zero-order valence-corrected chi connectivity index (χ0v) is 12.2. The zero-order valence-electron chi connectivity index (χ0n) is 12.2. The highest BCUT2D eigenvalue weighted by atomic mass is 16.6. The topological polar surface area (TPSA) is 94.4 Å². The Labute approximate surface area is 132 Å². The lowest BCUT2D eigenvalue weighted by molar-refractivity contribution is -0.385. The maximum Gasteiger partial charge on any atom is 0.407 e.